The maximum absolute atomic E-state index is 13.4. The summed E-state index contributed by atoms with van der Waals surface area (Å²) in [6, 6.07) is 0. The number of rotatable bonds is 6. The first-order valence-electron chi connectivity index (χ1n) is 13.0. The number of carbonyl (C=O) groups excluding carboxylic acids is 1. The minimum atomic E-state index is -0.0214. The van der Waals surface area contributed by atoms with E-state index in [-0.39, 0.29) is 17.9 Å². The van der Waals surface area contributed by atoms with Crippen molar-refractivity contribution in [2.45, 2.75) is 84.8 Å². The Morgan fingerprint density at radius 1 is 1.12 bits per heavy atom. The van der Waals surface area contributed by atoms with Crippen LogP contribution in [0, 0.1) is 46.3 Å². The molecule has 0 spiro atoms. The van der Waals surface area contributed by atoms with Gasteiger partial charge in [-0.3, -0.25) is 9.48 Å². The van der Waals surface area contributed by atoms with Crippen LogP contribution < -0.4 is 0 Å². The highest BCUT2D eigenvalue weighted by atomic mass is 16.5. The Morgan fingerprint density at radius 3 is 2.66 bits per heavy atom. The van der Waals surface area contributed by atoms with Gasteiger partial charge in [0.1, 0.15) is 0 Å². The Labute approximate surface area is 193 Å². The fourth-order valence-corrected chi connectivity index (χ4v) is 9.11. The van der Waals surface area contributed by atoms with E-state index in [1.54, 1.807) is 10.9 Å². The smallest absolute Gasteiger partial charge is 0.157 e. The van der Waals surface area contributed by atoms with Gasteiger partial charge in [0.2, 0.25) is 0 Å². The Bertz CT molecular complexity index is 837. The van der Waals surface area contributed by atoms with E-state index in [9.17, 15) is 9.90 Å². The summed E-state index contributed by atoms with van der Waals surface area (Å²) in [4.78, 5) is 13.4. The van der Waals surface area contributed by atoms with Crippen molar-refractivity contribution in [2.75, 3.05) is 13.7 Å². The number of aliphatic hydroxyl groups is 1. The van der Waals surface area contributed by atoms with Gasteiger partial charge in [0.25, 0.3) is 0 Å². The lowest BCUT2D eigenvalue weighted by atomic mass is 9.44. The minimum absolute atomic E-state index is 0.0214. The van der Waals surface area contributed by atoms with Crippen LogP contribution in [0.2, 0.25) is 0 Å². The lowest BCUT2D eigenvalue weighted by molar-refractivity contribution is -0.138. The number of aliphatic hydroxyl groups excluding tert-OH is 1. The second-order valence-corrected chi connectivity index (χ2v) is 12.1. The number of fused-ring (bicyclic) bond motifs is 5. The summed E-state index contributed by atoms with van der Waals surface area (Å²) in [6.45, 7) is 6.32. The molecule has 178 valence electrons. The van der Waals surface area contributed by atoms with E-state index in [0.29, 0.717) is 23.7 Å². The zero-order valence-electron chi connectivity index (χ0n) is 20.3. The number of Topliss-reactive ketones (excluding diaryl/α,β-unsaturated/α-hetero) is 1. The van der Waals surface area contributed by atoms with Crippen molar-refractivity contribution in [1.82, 2.24) is 9.78 Å². The third-order valence-corrected chi connectivity index (χ3v) is 10.8. The zero-order chi connectivity index (χ0) is 22.5. The van der Waals surface area contributed by atoms with Crippen LogP contribution in [0.25, 0.3) is 0 Å². The summed E-state index contributed by atoms with van der Waals surface area (Å²) in [5.41, 5.74) is 1.42. The normalized spacial score (nSPS) is 43.4. The Morgan fingerprint density at radius 2 is 1.91 bits per heavy atom. The molecular weight excluding hydrogens is 400 g/mol. The van der Waals surface area contributed by atoms with Crippen LogP contribution in [0.4, 0.5) is 0 Å². The Hall–Kier alpha value is -1.20. The monoisotopic (exact) mass is 442 g/mol. The number of methoxy groups -OCH3 is 1. The van der Waals surface area contributed by atoms with Crippen LogP contribution in [0.3, 0.4) is 0 Å². The molecule has 0 aromatic carbocycles. The van der Waals surface area contributed by atoms with Gasteiger partial charge in [-0.15, -0.1) is 0 Å². The van der Waals surface area contributed by atoms with Gasteiger partial charge in [-0.1, -0.05) is 13.8 Å². The van der Waals surface area contributed by atoms with Crippen molar-refractivity contribution in [2.24, 2.45) is 46.3 Å². The van der Waals surface area contributed by atoms with Crippen LogP contribution in [-0.2, 0) is 22.7 Å². The number of nitrogens with zero attached hydrogens (tertiary/aromatic N) is 2. The van der Waals surface area contributed by atoms with Crippen LogP contribution in [0.15, 0.2) is 12.4 Å². The molecule has 4 saturated carbocycles. The number of ether oxygens (including phenoxy) is 1. The van der Waals surface area contributed by atoms with Crippen LogP contribution >= 0.6 is 0 Å². The topological polar surface area (TPSA) is 64.3 Å². The van der Waals surface area contributed by atoms with Crippen molar-refractivity contribution in [1.29, 1.82) is 0 Å². The molecule has 5 rings (SSSR count). The predicted molar refractivity (Wildman–Crippen MR) is 124 cm³/mol. The molecule has 5 nitrogen and oxygen atoms in total. The van der Waals surface area contributed by atoms with Gasteiger partial charge in [0.05, 0.1) is 19.3 Å². The molecule has 0 radical (unpaired) electrons. The lowest BCUT2D eigenvalue weighted by Gasteiger charge is -2.61. The molecule has 0 bridgehead atoms. The van der Waals surface area contributed by atoms with Crippen molar-refractivity contribution >= 4 is 5.78 Å². The summed E-state index contributed by atoms with van der Waals surface area (Å²) in [6.07, 6.45) is 15.1. The van der Waals surface area contributed by atoms with Gasteiger partial charge >= 0.3 is 0 Å². The Kier molecular flexibility index (Phi) is 6.03. The van der Waals surface area contributed by atoms with E-state index in [1.807, 2.05) is 13.3 Å². The molecule has 1 aromatic rings. The number of hydrogen-bond acceptors (Lipinski definition) is 4. The third kappa shape index (κ3) is 3.58. The van der Waals surface area contributed by atoms with Gasteiger partial charge in [0.15, 0.2) is 5.78 Å². The van der Waals surface area contributed by atoms with Crippen LogP contribution in [0.1, 0.15) is 77.2 Å². The number of carbonyl (C=O) groups is 1. The predicted octanol–water partition coefficient (Wildman–Crippen LogP) is 4.87. The maximum atomic E-state index is 13.4. The van der Waals surface area contributed by atoms with E-state index in [1.165, 1.54) is 51.4 Å². The molecule has 0 saturated heterocycles. The molecule has 32 heavy (non-hydrogen) atoms. The fraction of sp³-hybridized carbons (Fsp3) is 0.852. The average Bonchev–Trinajstić information content (AvgIpc) is 3.37. The highest BCUT2D eigenvalue weighted by molar-refractivity contribution is 5.82. The molecule has 4 aliphatic rings. The summed E-state index contributed by atoms with van der Waals surface area (Å²) in [5, 5.41) is 13.6. The molecule has 5 heteroatoms. The molecule has 4 aliphatic carbocycles. The number of ketones is 1. The largest absolute Gasteiger partial charge is 0.392 e. The van der Waals surface area contributed by atoms with Gasteiger partial charge in [-0.2, -0.15) is 5.10 Å². The van der Waals surface area contributed by atoms with Crippen molar-refractivity contribution < 1.29 is 14.6 Å². The van der Waals surface area contributed by atoms with Crippen LogP contribution in [0.5, 0.6) is 0 Å². The van der Waals surface area contributed by atoms with E-state index >= 15 is 0 Å². The van der Waals surface area contributed by atoms with E-state index in [2.05, 4.69) is 18.9 Å². The molecule has 0 amide bonds. The van der Waals surface area contributed by atoms with Crippen LogP contribution in [-0.4, -0.2) is 34.4 Å². The first-order valence-corrected chi connectivity index (χ1v) is 13.0. The fourth-order valence-electron chi connectivity index (χ4n) is 9.11. The SMILES string of the molecule is COCC1CCC2(C)C(CCC3C2CCC2(C)C3CC[C@@H]2C(=O)Cn2cc(CO)cn2)C1. The van der Waals surface area contributed by atoms with Crippen molar-refractivity contribution in [3.8, 4) is 0 Å². The third-order valence-electron chi connectivity index (χ3n) is 10.8. The summed E-state index contributed by atoms with van der Waals surface area (Å²) in [5.74, 6) is 4.48. The quantitative estimate of drug-likeness (QED) is 0.683. The Balaban J connectivity index is 1.30. The summed E-state index contributed by atoms with van der Waals surface area (Å²) < 4.78 is 7.23. The average molecular weight is 443 g/mol. The minimum Gasteiger partial charge on any atom is -0.392 e. The van der Waals surface area contributed by atoms with Gasteiger partial charge in [-0.05, 0) is 98.2 Å². The number of aromatic nitrogens is 2. The molecule has 4 fully saturated rings. The molecule has 1 N–H and O–H groups in total. The van der Waals surface area contributed by atoms with Crippen molar-refractivity contribution in [3.05, 3.63) is 18.0 Å². The van der Waals surface area contributed by atoms with Crippen molar-refractivity contribution in [3.63, 3.8) is 0 Å². The van der Waals surface area contributed by atoms with Gasteiger partial charge < -0.3 is 9.84 Å². The lowest BCUT2D eigenvalue weighted by Crippen LogP contribution is -2.54. The maximum Gasteiger partial charge on any atom is 0.157 e. The molecular formula is C27H42N2O3. The van der Waals surface area contributed by atoms with Gasteiger partial charge in [-0.25, -0.2) is 0 Å². The first-order chi connectivity index (χ1) is 15.4. The molecule has 1 aromatic heterocycles. The highest BCUT2D eigenvalue weighted by Gasteiger charge is 2.61. The first kappa shape index (κ1) is 22.6. The number of hydrogen-bond donors (Lipinski definition) is 1. The molecule has 0 aliphatic heterocycles. The highest BCUT2D eigenvalue weighted by Crippen LogP contribution is 2.67. The van der Waals surface area contributed by atoms with Gasteiger partial charge in [0, 0.05) is 31.4 Å². The summed E-state index contributed by atoms with van der Waals surface area (Å²) in [7, 11) is 1.85. The second-order valence-electron chi connectivity index (χ2n) is 12.1. The zero-order valence-corrected chi connectivity index (χ0v) is 20.3. The standard InChI is InChI=1S/C27H42N2O3/c1-26-10-8-18(17-32-3)12-20(26)4-5-21-22-6-7-24(27(22,2)11-9-23(21)26)25(31)15-29-14-19(16-30)13-28-29/h13-14,18,20-24,30H,4-12,15-17H2,1-3H3/t18?,20?,21?,22?,23?,24-,26?,27?/m1/s1. The van der Waals surface area contributed by atoms with E-state index in [4.69, 9.17) is 4.74 Å². The van der Waals surface area contributed by atoms with E-state index in [0.717, 1.165) is 42.3 Å². The van der Waals surface area contributed by atoms with E-state index < -0.39 is 0 Å². The molecule has 1 heterocycles. The molecule has 8 atom stereocenters. The second kappa shape index (κ2) is 8.54. The summed E-state index contributed by atoms with van der Waals surface area (Å²) >= 11 is 0. The molecule has 7 unspecified atom stereocenters.